The molecule has 2 atom stereocenters. The van der Waals surface area contributed by atoms with Crippen LogP contribution < -0.4 is 25.0 Å². The van der Waals surface area contributed by atoms with Crippen molar-refractivity contribution in [2.24, 2.45) is 0 Å². The van der Waals surface area contributed by atoms with Gasteiger partial charge in [0.1, 0.15) is 40.6 Å². The molecule has 16 heteroatoms. The molecule has 1 aromatic heterocycles. The van der Waals surface area contributed by atoms with Gasteiger partial charge in [0.2, 0.25) is 0 Å². The second kappa shape index (κ2) is 12.8. The molecular formula is C29H27F7N4O5. The van der Waals surface area contributed by atoms with Crippen LogP contribution in [0, 0.1) is 11.6 Å². The van der Waals surface area contributed by atoms with Crippen molar-refractivity contribution < 1.29 is 54.9 Å². The molecule has 0 bridgehead atoms. The molecule has 3 N–H and O–H groups in total. The fourth-order valence-corrected chi connectivity index (χ4v) is 4.78. The molecule has 1 saturated heterocycles. The van der Waals surface area contributed by atoms with E-state index in [1.807, 2.05) is 0 Å². The van der Waals surface area contributed by atoms with Crippen LogP contribution in [0.15, 0.2) is 48.7 Å². The highest BCUT2D eigenvalue weighted by Gasteiger charge is 2.49. The summed E-state index contributed by atoms with van der Waals surface area (Å²) in [7, 11) is 1.15. The predicted molar refractivity (Wildman–Crippen MR) is 146 cm³/mol. The van der Waals surface area contributed by atoms with Crippen LogP contribution in [0.25, 0.3) is 0 Å². The number of benzene rings is 2. The first-order chi connectivity index (χ1) is 21.0. The molecule has 1 fully saturated rings. The minimum atomic E-state index is -5.10. The van der Waals surface area contributed by atoms with Crippen LogP contribution >= 0.6 is 0 Å². The molecule has 0 radical (unpaired) electrons. The van der Waals surface area contributed by atoms with E-state index in [9.17, 15) is 36.6 Å². The van der Waals surface area contributed by atoms with Gasteiger partial charge in [-0.3, -0.25) is 14.5 Å². The molecule has 2 heterocycles. The molecule has 2 aromatic carbocycles. The van der Waals surface area contributed by atoms with Crippen LogP contribution in [-0.2, 0) is 11.0 Å². The predicted octanol–water partition coefficient (Wildman–Crippen LogP) is 5.10. The zero-order valence-electron chi connectivity index (χ0n) is 23.9. The summed E-state index contributed by atoms with van der Waals surface area (Å²) in [4.78, 5) is 31.2. The number of amides is 2. The Morgan fingerprint density at radius 3 is 2.24 bits per heavy atom. The first-order valence-corrected chi connectivity index (χ1v) is 13.2. The Balaban J connectivity index is 1.78. The molecule has 0 saturated carbocycles. The minimum absolute atomic E-state index is 0.177. The number of alkyl halides is 5. The summed E-state index contributed by atoms with van der Waals surface area (Å²) in [6.45, 7) is -1.49. The topological polar surface area (TPSA) is 113 Å². The number of nitrogens with one attached hydrogen (secondary N) is 2. The van der Waals surface area contributed by atoms with Crippen molar-refractivity contribution in [3.8, 4) is 11.5 Å². The highest BCUT2D eigenvalue weighted by atomic mass is 19.4. The average Bonchev–Trinajstić information content (AvgIpc) is 3.25. The molecule has 1 aliphatic heterocycles. The maximum Gasteiger partial charge on any atom is 0.421 e. The number of nitrogens with zero attached hydrogens (tertiary/aromatic N) is 2. The summed E-state index contributed by atoms with van der Waals surface area (Å²) in [5, 5.41) is 14.8. The van der Waals surface area contributed by atoms with Gasteiger partial charge in [-0.05, 0) is 44.2 Å². The maximum absolute atomic E-state index is 15.3. The van der Waals surface area contributed by atoms with Crippen molar-refractivity contribution in [2.75, 3.05) is 30.4 Å². The van der Waals surface area contributed by atoms with Crippen molar-refractivity contribution in [3.05, 3.63) is 77.0 Å². The van der Waals surface area contributed by atoms with E-state index in [-0.39, 0.29) is 23.6 Å². The van der Waals surface area contributed by atoms with Crippen LogP contribution in [0.4, 0.5) is 42.2 Å². The van der Waals surface area contributed by atoms with Gasteiger partial charge in [0.05, 0.1) is 18.4 Å². The summed E-state index contributed by atoms with van der Waals surface area (Å²) in [5.74, 6) is -7.52. The lowest BCUT2D eigenvalue weighted by Gasteiger charge is -2.25. The van der Waals surface area contributed by atoms with Crippen LogP contribution in [-0.4, -0.2) is 60.4 Å². The Morgan fingerprint density at radius 2 is 1.71 bits per heavy atom. The minimum Gasteiger partial charge on any atom is -0.497 e. The van der Waals surface area contributed by atoms with Crippen molar-refractivity contribution in [3.63, 3.8) is 0 Å². The van der Waals surface area contributed by atoms with Crippen LogP contribution in [0.1, 0.15) is 41.3 Å². The molecule has 242 valence electrons. The molecule has 1 aliphatic rings. The van der Waals surface area contributed by atoms with E-state index < -0.39 is 83.0 Å². The second-order valence-corrected chi connectivity index (χ2v) is 10.6. The lowest BCUT2D eigenvalue weighted by molar-refractivity contribution is -0.136. The Labute approximate surface area is 252 Å². The second-order valence-electron chi connectivity index (χ2n) is 10.6. The largest absolute Gasteiger partial charge is 0.497 e. The van der Waals surface area contributed by atoms with E-state index in [1.54, 1.807) is 0 Å². The van der Waals surface area contributed by atoms with Gasteiger partial charge in [-0.25, -0.2) is 13.8 Å². The smallest absolute Gasteiger partial charge is 0.421 e. The van der Waals surface area contributed by atoms with Crippen molar-refractivity contribution in [1.29, 1.82) is 0 Å². The number of aliphatic hydroxyl groups is 1. The Kier molecular flexibility index (Phi) is 9.46. The molecular weight excluding hydrogens is 617 g/mol. The van der Waals surface area contributed by atoms with Crippen LogP contribution in [0.2, 0.25) is 0 Å². The number of methoxy groups -OCH3 is 1. The summed E-state index contributed by atoms with van der Waals surface area (Å²) >= 11 is 0. The molecule has 45 heavy (non-hydrogen) atoms. The van der Waals surface area contributed by atoms with Gasteiger partial charge in [0.25, 0.3) is 11.8 Å². The van der Waals surface area contributed by atoms with Crippen molar-refractivity contribution in [1.82, 2.24) is 10.3 Å². The maximum atomic E-state index is 15.3. The summed E-state index contributed by atoms with van der Waals surface area (Å²) in [5.41, 5.74) is -4.23. The molecule has 0 aliphatic carbocycles. The van der Waals surface area contributed by atoms with E-state index in [0.717, 1.165) is 55.8 Å². The zero-order valence-corrected chi connectivity index (χ0v) is 23.9. The molecule has 3 aromatic rings. The van der Waals surface area contributed by atoms with Gasteiger partial charge in [-0.2, -0.15) is 22.0 Å². The lowest BCUT2D eigenvalue weighted by atomic mass is 9.92. The standard InChI is InChI=1S/C29H27F7N4O5/c1-28(2,43)13-38-20-8-9-37-24(22(20)29(34,35)36)40-12-17(21-18(30)10-16(44-3)11-19(21)31)23(26(40)42)39-25(41)14-4-6-15(7-5-14)45-27(32)33/h4-11,17,23,27,43H,12-13H2,1-3H3,(H,37,38)(H,39,41)/t17-,23-/m0/s1. The number of carbonyl (C=O) groups excluding carboxylic acids is 2. The van der Waals surface area contributed by atoms with Gasteiger partial charge >= 0.3 is 12.8 Å². The number of halogens is 7. The molecule has 9 nitrogen and oxygen atoms in total. The number of aromatic nitrogens is 1. The van der Waals surface area contributed by atoms with E-state index >= 15 is 8.78 Å². The third-order valence-electron chi connectivity index (χ3n) is 6.78. The molecule has 0 spiro atoms. The number of carbonyl (C=O) groups is 2. The Bertz CT molecular complexity index is 1540. The third-order valence-corrected chi connectivity index (χ3v) is 6.78. The first-order valence-electron chi connectivity index (χ1n) is 13.2. The first kappa shape index (κ1) is 33.3. The van der Waals surface area contributed by atoms with Gasteiger partial charge in [0, 0.05) is 48.5 Å². The van der Waals surface area contributed by atoms with Gasteiger partial charge in [-0.15, -0.1) is 0 Å². The molecule has 0 unspecified atom stereocenters. The highest BCUT2D eigenvalue weighted by molar-refractivity contribution is 6.05. The van der Waals surface area contributed by atoms with Gasteiger partial charge < -0.3 is 25.2 Å². The highest BCUT2D eigenvalue weighted by Crippen LogP contribution is 2.44. The lowest BCUT2D eigenvalue weighted by Crippen LogP contribution is -2.44. The number of rotatable bonds is 10. The fourth-order valence-electron chi connectivity index (χ4n) is 4.78. The van der Waals surface area contributed by atoms with Crippen molar-refractivity contribution >= 4 is 23.3 Å². The van der Waals surface area contributed by atoms with Gasteiger partial charge in [0.15, 0.2) is 0 Å². The fraction of sp³-hybridized carbons (Fsp3) is 0.345. The summed E-state index contributed by atoms with van der Waals surface area (Å²) < 4.78 is 108. The molecule has 2 amide bonds. The monoisotopic (exact) mass is 644 g/mol. The number of anilines is 2. The zero-order chi connectivity index (χ0) is 33.3. The van der Waals surface area contributed by atoms with Crippen LogP contribution in [0.3, 0.4) is 0 Å². The average molecular weight is 645 g/mol. The Hall–Kier alpha value is -4.60. The number of ether oxygens (including phenoxy) is 2. The van der Waals surface area contributed by atoms with Crippen LogP contribution in [0.5, 0.6) is 11.5 Å². The number of hydrogen-bond acceptors (Lipinski definition) is 7. The van der Waals surface area contributed by atoms with Gasteiger partial charge in [-0.1, -0.05) is 0 Å². The summed E-state index contributed by atoms with van der Waals surface area (Å²) in [6.07, 6.45) is -4.12. The normalized spacial score (nSPS) is 17.1. The van der Waals surface area contributed by atoms with E-state index in [1.165, 1.54) is 13.8 Å². The number of pyridine rings is 1. The number of hydrogen-bond donors (Lipinski definition) is 3. The van der Waals surface area contributed by atoms with E-state index in [2.05, 4.69) is 20.4 Å². The van der Waals surface area contributed by atoms with E-state index in [0.29, 0.717) is 4.90 Å². The summed E-state index contributed by atoms with van der Waals surface area (Å²) in [6, 6.07) is 5.04. The third kappa shape index (κ3) is 7.56. The SMILES string of the molecule is COc1cc(F)c([C@@H]2CN(c3nccc(NCC(C)(C)O)c3C(F)(F)F)C(=O)[C@H]2NC(=O)c2ccc(OC(F)F)cc2)c(F)c1. The Morgan fingerprint density at radius 1 is 1.09 bits per heavy atom. The quantitative estimate of drug-likeness (QED) is 0.264. The molecule has 4 rings (SSSR count). The van der Waals surface area contributed by atoms with E-state index in [4.69, 9.17) is 4.74 Å². The van der Waals surface area contributed by atoms with Crippen molar-refractivity contribution in [2.45, 2.75) is 44.2 Å².